The minimum atomic E-state index is -1.70. The van der Waals surface area contributed by atoms with Gasteiger partial charge in [0.1, 0.15) is 24.4 Å². The van der Waals surface area contributed by atoms with Crippen LogP contribution in [0.4, 0.5) is 0 Å². The molecular formula is C7H12O7. The van der Waals surface area contributed by atoms with Gasteiger partial charge in [-0.3, -0.25) is 0 Å². The van der Waals surface area contributed by atoms with Crippen LogP contribution >= 0.6 is 0 Å². The van der Waals surface area contributed by atoms with Crippen LogP contribution in [0.5, 0.6) is 0 Å². The van der Waals surface area contributed by atoms with Crippen LogP contribution in [0.3, 0.4) is 0 Å². The highest BCUT2D eigenvalue weighted by Gasteiger charge is 2.46. The van der Waals surface area contributed by atoms with Crippen LogP contribution in [-0.4, -0.2) is 68.6 Å². The van der Waals surface area contributed by atoms with E-state index in [0.29, 0.717) is 0 Å². The van der Waals surface area contributed by atoms with Gasteiger partial charge in [-0.25, -0.2) is 4.79 Å². The summed E-state index contributed by atoms with van der Waals surface area (Å²) in [5.41, 5.74) is 0. The number of carboxylic acids is 1. The summed E-state index contributed by atoms with van der Waals surface area (Å²) in [7, 11) is 0. The average Bonchev–Trinajstić information content (AvgIpc) is 2.14. The first-order chi connectivity index (χ1) is 6.49. The number of carbonyl (C=O) groups is 1. The summed E-state index contributed by atoms with van der Waals surface area (Å²) < 4.78 is 4.68. The molecule has 0 saturated carbocycles. The molecule has 0 radical (unpaired) electrons. The summed E-state index contributed by atoms with van der Waals surface area (Å²) in [5, 5.41) is 44.9. The van der Waals surface area contributed by atoms with Crippen molar-refractivity contribution in [2.75, 3.05) is 6.61 Å². The largest absolute Gasteiger partial charge is 0.479 e. The molecule has 1 aliphatic rings. The third kappa shape index (κ3) is 1.86. The SMILES string of the molecule is O=C(O)C1O[C@@H](CO)[C@H](O)[C@@H](O)[C@H]1O. The topological polar surface area (TPSA) is 127 Å². The molecule has 1 rings (SSSR count). The first-order valence-electron chi connectivity index (χ1n) is 4.02. The van der Waals surface area contributed by atoms with E-state index in [1.54, 1.807) is 0 Å². The summed E-state index contributed by atoms with van der Waals surface area (Å²) in [4.78, 5) is 10.5. The second kappa shape index (κ2) is 4.20. The van der Waals surface area contributed by atoms with Crippen LogP contribution in [0, 0.1) is 0 Å². The van der Waals surface area contributed by atoms with Crippen molar-refractivity contribution >= 4 is 5.97 Å². The second-order valence-electron chi connectivity index (χ2n) is 3.09. The highest BCUT2D eigenvalue weighted by Crippen LogP contribution is 2.20. The van der Waals surface area contributed by atoms with Gasteiger partial charge in [-0.15, -0.1) is 0 Å². The summed E-state index contributed by atoms with van der Waals surface area (Å²) in [5.74, 6) is -1.46. The molecule has 5 atom stereocenters. The maximum Gasteiger partial charge on any atom is 0.335 e. The van der Waals surface area contributed by atoms with Crippen molar-refractivity contribution in [1.29, 1.82) is 0 Å². The molecule has 82 valence electrons. The number of hydrogen-bond acceptors (Lipinski definition) is 6. The van der Waals surface area contributed by atoms with Gasteiger partial charge in [0.05, 0.1) is 6.61 Å². The molecule has 1 heterocycles. The van der Waals surface area contributed by atoms with Crippen LogP contribution in [0.15, 0.2) is 0 Å². The Bertz CT molecular complexity index is 216. The molecule has 1 unspecified atom stereocenters. The fraction of sp³-hybridized carbons (Fsp3) is 0.857. The molecule has 0 bridgehead atoms. The van der Waals surface area contributed by atoms with Crippen LogP contribution in [0.25, 0.3) is 0 Å². The highest BCUT2D eigenvalue weighted by molar-refractivity contribution is 5.73. The Labute approximate surface area is 79.2 Å². The number of hydrogen-bond donors (Lipinski definition) is 5. The third-order valence-corrected chi connectivity index (χ3v) is 2.14. The maximum atomic E-state index is 10.5. The molecular weight excluding hydrogens is 196 g/mol. The highest BCUT2D eigenvalue weighted by atomic mass is 16.6. The normalized spacial score (nSPS) is 43.6. The molecule has 0 spiro atoms. The van der Waals surface area contributed by atoms with Crippen molar-refractivity contribution in [3.05, 3.63) is 0 Å². The summed E-state index contributed by atoms with van der Waals surface area (Å²) in [6.45, 7) is -0.630. The average molecular weight is 208 g/mol. The molecule has 0 aliphatic carbocycles. The monoisotopic (exact) mass is 208 g/mol. The van der Waals surface area contributed by atoms with E-state index in [1.807, 2.05) is 0 Å². The Kier molecular flexibility index (Phi) is 3.40. The van der Waals surface area contributed by atoms with Gasteiger partial charge in [0.2, 0.25) is 0 Å². The molecule has 1 saturated heterocycles. The van der Waals surface area contributed by atoms with Crippen molar-refractivity contribution < 1.29 is 35.1 Å². The lowest BCUT2D eigenvalue weighted by molar-refractivity contribution is -0.233. The van der Waals surface area contributed by atoms with Gasteiger partial charge in [0.25, 0.3) is 0 Å². The number of aliphatic hydroxyl groups is 4. The Hall–Kier alpha value is -0.730. The molecule has 0 amide bonds. The number of aliphatic hydroxyl groups excluding tert-OH is 4. The van der Waals surface area contributed by atoms with Crippen LogP contribution in [0.2, 0.25) is 0 Å². The molecule has 1 aliphatic heterocycles. The fourth-order valence-corrected chi connectivity index (χ4v) is 1.31. The number of carboxylic acid groups (broad SMARTS) is 1. The van der Waals surface area contributed by atoms with E-state index in [-0.39, 0.29) is 0 Å². The van der Waals surface area contributed by atoms with E-state index in [0.717, 1.165) is 0 Å². The van der Waals surface area contributed by atoms with Gasteiger partial charge in [-0.05, 0) is 0 Å². The molecule has 7 nitrogen and oxygen atoms in total. The minimum Gasteiger partial charge on any atom is -0.479 e. The van der Waals surface area contributed by atoms with E-state index in [4.69, 9.17) is 10.2 Å². The van der Waals surface area contributed by atoms with Gasteiger partial charge < -0.3 is 30.3 Å². The third-order valence-electron chi connectivity index (χ3n) is 2.14. The van der Waals surface area contributed by atoms with Crippen LogP contribution < -0.4 is 0 Å². The molecule has 14 heavy (non-hydrogen) atoms. The van der Waals surface area contributed by atoms with Gasteiger partial charge in [-0.2, -0.15) is 0 Å². The zero-order valence-corrected chi connectivity index (χ0v) is 7.15. The number of rotatable bonds is 2. The van der Waals surface area contributed by atoms with E-state index in [1.165, 1.54) is 0 Å². The molecule has 1 fully saturated rings. The molecule has 0 aromatic rings. The molecule has 0 aromatic heterocycles. The van der Waals surface area contributed by atoms with Gasteiger partial charge in [0, 0.05) is 0 Å². The summed E-state index contributed by atoms with van der Waals surface area (Å²) in [6, 6.07) is 0. The summed E-state index contributed by atoms with van der Waals surface area (Å²) in [6.07, 6.45) is -7.67. The van der Waals surface area contributed by atoms with Gasteiger partial charge in [-0.1, -0.05) is 0 Å². The smallest absolute Gasteiger partial charge is 0.335 e. The minimum absolute atomic E-state index is 0.630. The second-order valence-corrected chi connectivity index (χ2v) is 3.09. The fourth-order valence-electron chi connectivity index (χ4n) is 1.31. The lowest BCUT2D eigenvalue weighted by Gasteiger charge is -2.38. The Morgan fingerprint density at radius 1 is 1.14 bits per heavy atom. The molecule has 7 heteroatoms. The van der Waals surface area contributed by atoms with Crippen molar-refractivity contribution in [2.45, 2.75) is 30.5 Å². The van der Waals surface area contributed by atoms with E-state index < -0.39 is 43.1 Å². The zero-order chi connectivity index (χ0) is 10.9. The van der Waals surface area contributed by atoms with E-state index in [9.17, 15) is 20.1 Å². The lowest BCUT2D eigenvalue weighted by Crippen LogP contribution is -2.60. The Morgan fingerprint density at radius 3 is 2.14 bits per heavy atom. The van der Waals surface area contributed by atoms with Crippen molar-refractivity contribution in [1.82, 2.24) is 0 Å². The zero-order valence-electron chi connectivity index (χ0n) is 7.15. The van der Waals surface area contributed by atoms with E-state index >= 15 is 0 Å². The van der Waals surface area contributed by atoms with Gasteiger partial charge >= 0.3 is 5.97 Å². The molecule has 0 aromatic carbocycles. The van der Waals surface area contributed by atoms with Crippen molar-refractivity contribution in [3.8, 4) is 0 Å². The quantitative estimate of drug-likeness (QED) is 0.325. The van der Waals surface area contributed by atoms with E-state index in [2.05, 4.69) is 4.74 Å². The Morgan fingerprint density at radius 2 is 1.71 bits per heavy atom. The van der Waals surface area contributed by atoms with Crippen molar-refractivity contribution in [3.63, 3.8) is 0 Å². The summed E-state index contributed by atoms with van der Waals surface area (Å²) >= 11 is 0. The predicted molar refractivity (Wildman–Crippen MR) is 41.4 cm³/mol. The lowest BCUT2D eigenvalue weighted by atomic mass is 9.95. The number of ether oxygens (including phenoxy) is 1. The first kappa shape index (κ1) is 11.3. The Balaban J connectivity index is 2.78. The van der Waals surface area contributed by atoms with Crippen LogP contribution in [-0.2, 0) is 9.53 Å². The predicted octanol–water partition coefficient (Wildman–Crippen LogP) is -3.09. The molecule has 5 N–H and O–H groups in total. The van der Waals surface area contributed by atoms with Gasteiger partial charge in [0.15, 0.2) is 6.10 Å². The standard InChI is InChI=1S/C7H12O7/c8-1-2-3(9)4(10)5(11)6(14-2)7(12)13/h2-6,8-11H,1H2,(H,12,13)/t2-,3-,4+,5+,6?/m0/s1. The van der Waals surface area contributed by atoms with Crippen molar-refractivity contribution in [2.24, 2.45) is 0 Å². The van der Waals surface area contributed by atoms with Crippen LogP contribution in [0.1, 0.15) is 0 Å². The number of aliphatic carboxylic acids is 1. The maximum absolute atomic E-state index is 10.5. The first-order valence-corrected chi connectivity index (χ1v) is 4.02.